The van der Waals surface area contributed by atoms with Crippen LogP contribution in [0.15, 0.2) is 0 Å². The molecule has 94 valence electrons. The van der Waals surface area contributed by atoms with Gasteiger partial charge in [-0.25, -0.2) is 0 Å². The average molecular weight is 247 g/mol. The minimum Gasteiger partial charge on any atom is -0.331 e. The van der Waals surface area contributed by atoms with E-state index in [1.807, 2.05) is 0 Å². The van der Waals surface area contributed by atoms with Crippen molar-refractivity contribution in [3.05, 3.63) is 0 Å². The first-order chi connectivity index (χ1) is 7.68. The lowest BCUT2D eigenvalue weighted by Crippen LogP contribution is -2.23. The largest absolute Gasteiger partial charge is 0.331 e. The van der Waals surface area contributed by atoms with Gasteiger partial charge in [0.2, 0.25) is 0 Å². The lowest BCUT2D eigenvalue weighted by Gasteiger charge is -2.15. The smallest absolute Gasteiger partial charge is 0.315 e. The molecule has 0 rings (SSSR count). The van der Waals surface area contributed by atoms with E-state index in [-0.39, 0.29) is 0 Å². The van der Waals surface area contributed by atoms with Gasteiger partial charge in [0.05, 0.1) is 0 Å². The molecule has 16 heavy (non-hydrogen) atoms. The molecule has 0 aromatic rings. The highest BCUT2D eigenvalue weighted by atomic mass is 35.5. The SMILES string of the molecule is CCCCCCCCC#CC(Cl)(OC)OC. The zero-order chi connectivity index (χ0) is 12.3. The van der Waals surface area contributed by atoms with Gasteiger partial charge in [0.15, 0.2) is 0 Å². The Bertz CT molecular complexity index is 214. The molecule has 3 heteroatoms. The summed E-state index contributed by atoms with van der Waals surface area (Å²) in [6, 6.07) is 0. The van der Waals surface area contributed by atoms with Gasteiger partial charge in [0.25, 0.3) is 0 Å². The molecule has 0 aliphatic rings. The molecule has 2 nitrogen and oxygen atoms in total. The molecule has 0 fully saturated rings. The van der Waals surface area contributed by atoms with Crippen molar-refractivity contribution in [1.29, 1.82) is 0 Å². The Morgan fingerprint density at radius 3 is 2.12 bits per heavy atom. The van der Waals surface area contributed by atoms with E-state index in [0.29, 0.717) is 0 Å². The van der Waals surface area contributed by atoms with E-state index in [0.717, 1.165) is 12.8 Å². The molecule has 0 unspecified atom stereocenters. The summed E-state index contributed by atoms with van der Waals surface area (Å²) in [5.74, 6) is 5.76. The fourth-order valence-electron chi connectivity index (χ4n) is 1.35. The predicted octanol–water partition coefficient (Wildman–Crippen LogP) is 3.93. The van der Waals surface area contributed by atoms with Crippen LogP contribution in [0, 0.1) is 11.8 Å². The van der Waals surface area contributed by atoms with Gasteiger partial charge in [-0.3, -0.25) is 0 Å². The van der Waals surface area contributed by atoms with Crippen molar-refractivity contribution in [1.82, 2.24) is 0 Å². The van der Waals surface area contributed by atoms with Crippen LogP contribution in [-0.4, -0.2) is 19.5 Å². The van der Waals surface area contributed by atoms with E-state index in [4.69, 9.17) is 21.1 Å². The average Bonchev–Trinajstić information content (AvgIpc) is 2.32. The standard InChI is InChI=1S/C13H23ClO2/c1-4-5-6-7-8-9-10-11-12-13(14,15-2)16-3/h4-10H2,1-3H3. The van der Waals surface area contributed by atoms with E-state index >= 15 is 0 Å². The Balaban J connectivity index is 3.54. The molecule has 0 bridgehead atoms. The summed E-state index contributed by atoms with van der Waals surface area (Å²) < 4.78 is 9.83. The molecule has 0 aliphatic carbocycles. The molecular formula is C13H23ClO2. The van der Waals surface area contributed by atoms with E-state index in [1.165, 1.54) is 46.3 Å². The summed E-state index contributed by atoms with van der Waals surface area (Å²) in [7, 11) is 2.96. The Hall–Kier alpha value is -0.230. The highest BCUT2D eigenvalue weighted by molar-refractivity contribution is 6.23. The number of hydrogen-bond acceptors (Lipinski definition) is 2. The maximum atomic E-state index is 5.87. The van der Waals surface area contributed by atoms with Gasteiger partial charge in [-0.1, -0.05) is 44.9 Å². The van der Waals surface area contributed by atoms with Crippen LogP contribution in [0.5, 0.6) is 0 Å². The van der Waals surface area contributed by atoms with Crippen molar-refractivity contribution >= 4 is 11.6 Å². The Labute approximate surface area is 105 Å². The molecule has 0 aromatic carbocycles. The van der Waals surface area contributed by atoms with Crippen molar-refractivity contribution < 1.29 is 9.47 Å². The molecule has 0 N–H and O–H groups in total. The third-order valence-corrected chi connectivity index (χ3v) is 2.82. The van der Waals surface area contributed by atoms with Crippen LogP contribution in [0.25, 0.3) is 0 Å². The first-order valence-corrected chi connectivity index (χ1v) is 6.35. The number of hydrogen-bond donors (Lipinski definition) is 0. The van der Waals surface area contributed by atoms with Gasteiger partial charge in [0.1, 0.15) is 0 Å². The third kappa shape index (κ3) is 7.98. The topological polar surface area (TPSA) is 18.5 Å². The monoisotopic (exact) mass is 246 g/mol. The number of alkyl halides is 1. The van der Waals surface area contributed by atoms with Crippen LogP contribution < -0.4 is 0 Å². The number of unbranched alkanes of at least 4 members (excludes halogenated alkanes) is 6. The van der Waals surface area contributed by atoms with E-state index in [9.17, 15) is 0 Å². The molecule has 0 amide bonds. The van der Waals surface area contributed by atoms with E-state index in [2.05, 4.69) is 18.8 Å². The minimum atomic E-state index is -1.26. The third-order valence-electron chi connectivity index (χ3n) is 2.42. The number of rotatable bonds is 8. The second-order valence-corrected chi connectivity index (χ2v) is 4.26. The van der Waals surface area contributed by atoms with E-state index in [1.54, 1.807) is 0 Å². The van der Waals surface area contributed by atoms with Crippen LogP contribution in [0.4, 0.5) is 0 Å². The highest BCUT2D eigenvalue weighted by Crippen LogP contribution is 2.15. The second-order valence-electron chi connectivity index (χ2n) is 3.76. The Kier molecular flexibility index (Phi) is 9.82. The second kappa shape index (κ2) is 9.96. The molecule has 0 saturated heterocycles. The first-order valence-electron chi connectivity index (χ1n) is 5.97. The fraction of sp³-hybridized carbons (Fsp3) is 0.846. The van der Waals surface area contributed by atoms with Gasteiger partial charge in [0, 0.05) is 20.6 Å². The zero-order valence-electron chi connectivity index (χ0n) is 10.6. The van der Waals surface area contributed by atoms with Crippen LogP contribution >= 0.6 is 11.6 Å². The molecule has 0 aromatic heterocycles. The van der Waals surface area contributed by atoms with Crippen LogP contribution in [0.2, 0.25) is 0 Å². The van der Waals surface area contributed by atoms with Crippen LogP contribution in [0.3, 0.4) is 0 Å². The fourth-order valence-corrected chi connectivity index (χ4v) is 1.41. The van der Waals surface area contributed by atoms with Crippen molar-refractivity contribution in [2.45, 2.75) is 57.1 Å². The normalized spacial score (nSPS) is 11.0. The van der Waals surface area contributed by atoms with E-state index < -0.39 is 5.25 Å². The highest BCUT2D eigenvalue weighted by Gasteiger charge is 2.22. The summed E-state index contributed by atoms with van der Waals surface area (Å²) in [6.07, 6.45) is 8.48. The molecular weight excluding hydrogens is 224 g/mol. The molecule has 0 saturated carbocycles. The quantitative estimate of drug-likeness (QED) is 0.280. The van der Waals surface area contributed by atoms with Crippen molar-refractivity contribution in [2.24, 2.45) is 0 Å². The van der Waals surface area contributed by atoms with Crippen molar-refractivity contribution in [2.75, 3.05) is 14.2 Å². The van der Waals surface area contributed by atoms with Crippen molar-refractivity contribution in [3.63, 3.8) is 0 Å². The summed E-state index contributed by atoms with van der Waals surface area (Å²) in [6.45, 7) is 2.22. The van der Waals surface area contributed by atoms with Gasteiger partial charge in [-0.05, 0) is 23.9 Å². The molecule has 0 aliphatic heterocycles. The predicted molar refractivity (Wildman–Crippen MR) is 68.4 cm³/mol. The van der Waals surface area contributed by atoms with Crippen molar-refractivity contribution in [3.8, 4) is 11.8 Å². The van der Waals surface area contributed by atoms with Gasteiger partial charge >= 0.3 is 5.25 Å². The summed E-state index contributed by atoms with van der Waals surface area (Å²) in [5.41, 5.74) is 0. The lowest BCUT2D eigenvalue weighted by atomic mass is 10.1. The number of ether oxygens (including phenoxy) is 2. The minimum absolute atomic E-state index is 0.854. The zero-order valence-corrected chi connectivity index (χ0v) is 11.4. The maximum Gasteiger partial charge on any atom is 0.315 e. The number of halogens is 1. The Morgan fingerprint density at radius 2 is 1.56 bits per heavy atom. The van der Waals surface area contributed by atoms with Crippen LogP contribution in [0.1, 0.15) is 51.9 Å². The molecule has 0 radical (unpaired) electrons. The van der Waals surface area contributed by atoms with Gasteiger partial charge in [-0.15, -0.1) is 0 Å². The summed E-state index contributed by atoms with van der Waals surface area (Å²) >= 11 is 5.87. The van der Waals surface area contributed by atoms with Crippen LogP contribution in [-0.2, 0) is 9.47 Å². The summed E-state index contributed by atoms with van der Waals surface area (Å²) in [4.78, 5) is 0. The molecule has 0 atom stereocenters. The first kappa shape index (κ1) is 15.8. The lowest BCUT2D eigenvalue weighted by molar-refractivity contribution is -0.0968. The van der Waals surface area contributed by atoms with Gasteiger partial charge in [-0.2, -0.15) is 0 Å². The number of methoxy groups -OCH3 is 2. The summed E-state index contributed by atoms with van der Waals surface area (Å²) in [5, 5.41) is -1.26. The molecule has 0 spiro atoms. The van der Waals surface area contributed by atoms with Gasteiger partial charge < -0.3 is 9.47 Å². The molecule has 0 heterocycles. The maximum absolute atomic E-state index is 5.87. The Morgan fingerprint density at radius 1 is 1.00 bits per heavy atom.